The molecule has 0 radical (unpaired) electrons. The van der Waals surface area contributed by atoms with Crippen LogP contribution in [0.1, 0.15) is 43.0 Å². The molecule has 0 aliphatic heterocycles. The van der Waals surface area contributed by atoms with E-state index < -0.39 is 0 Å². The fourth-order valence-electron chi connectivity index (χ4n) is 3.22. The van der Waals surface area contributed by atoms with Crippen molar-refractivity contribution in [3.63, 3.8) is 0 Å². The normalized spacial score (nSPS) is 20.4. The number of hydrogen-bond acceptors (Lipinski definition) is 3. The lowest BCUT2D eigenvalue weighted by molar-refractivity contribution is 0.0922. The second-order valence-electron chi connectivity index (χ2n) is 6.48. The maximum Gasteiger partial charge on any atom is 0.255 e. The van der Waals surface area contributed by atoms with Crippen LogP contribution in [0.2, 0.25) is 0 Å². The zero-order valence-electron chi connectivity index (χ0n) is 13.8. The van der Waals surface area contributed by atoms with Crippen molar-refractivity contribution in [3.05, 3.63) is 54.0 Å². The van der Waals surface area contributed by atoms with Crippen LogP contribution in [-0.2, 0) is 0 Å². The number of halogens is 1. The van der Waals surface area contributed by atoms with E-state index in [1.54, 1.807) is 30.5 Å². The molecule has 2 unspecified atom stereocenters. The average molecular weight is 327 g/mol. The highest BCUT2D eigenvalue weighted by atomic mass is 19.1. The average Bonchev–Trinajstić information content (AvgIpc) is 2.55. The Balaban J connectivity index is 1.74. The van der Waals surface area contributed by atoms with E-state index in [1.165, 1.54) is 18.6 Å². The molecule has 1 aromatic carbocycles. The van der Waals surface area contributed by atoms with Gasteiger partial charge in [0.05, 0.1) is 5.56 Å². The summed E-state index contributed by atoms with van der Waals surface area (Å²) in [6, 6.07) is 9.78. The summed E-state index contributed by atoms with van der Waals surface area (Å²) in [6.07, 6.45) is 6.02. The SMILES string of the molecule is CC1CCCC(NC(=O)c2cccnc2Nc2cccc(F)c2)C1. The Labute approximate surface area is 141 Å². The number of benzene rings is 1. The third-order valence-corrected chi connectivity index (χ3v) is 4.41. The molecule has 1 aliphatic carbocycles. The van der Waals surface area contributed by atoms with Crippen LogP contribution in [0, 0.1) is 11.7 Å². The van der Waals surface area contributed by atoms with Gasteiger partial charge >= 0.3 is 0 Å². The Bertz CT molecular complexity index is 719. The summed E-state index contributed by atoms with van der Waals surface area (Å²) in [6.45, 7) is 2.22. The van der Waals surface area contributed by atoms with Crippen LogP contribution in [-0.4, -0.2) is 16.9 Å². The molecule has 1 aromatic heterocycles. The number of nitrogens with zero attached hydrogens (tertiary/aromatic N) is 1. The number of rotatable bonds is 4. The predicted molar refractivity (Wildman–Crippen MR) is 92.8 cm³/mol. The quantitative estimate of drug-likeness (QED) is 0.881. The monoisotopic (exact) mass is 327 g/mol. The van der Waals surface area contributed by atoms with Crippen LogP contribution in [0.5, 0.6) is 0 Å². The van der Waals surface area contributed by atoms with Crippen molar-refractivity contribution in [2.24, 2.45) is 5.92 Å². The van der Waals surface area contributed by atoms with Crippen LogP contribution < -0.4 is 10.6 Å². The summed E-state index contributed by atoms with van der Waals surface area (Å²) in [4.78, 5) is 16.9. The minimum absolute atomic E-state index is 0.138. The molecule has 2 N–H and O–H groups in total. The molecule has 5 heteroatoms. The highest BCUT2D eigenvalue weighted by molar-refractivity contribution is 5.99. The van der Waals surface area contributed by atoms with Gasteiger partial charge in [-0.3, -0.25) is 4.79 Å². The zero-order chi connectivity index (χ0) is 16.9. The Hall–Kier alpha value is -2.43. The molecule has 0 bridgehead atoms. The highest BCUT2D eigenvalue weighted by Gasteiger charge is 2.22. The van der Waals surface area contributed by atoms with Crippen LogP contribution in [0.25, 0.3) is 0 Å². The molecule has 1 amide bonds. The molecular formula is C19H22FN3O. The Kier molecular flexibility index (Phi) is 5.08. The molecule has 1 aliphatic rings. The third-order valence-electron chi connectivity index (χ3n) is 4.41. The molecule has 2 atom stereocenters. The van der Waals surface area contributed by atoms with Gasteiger partial charge in [-0.05, 0) is 49.1 Å². The summed E-state index contributed by atoms with van der Waals surface area (Å²) in [5.74, 6) is 0.603. The van der Waals surface area contributed by atoms with Crippen molar-refractivity contribution in [1.29, 1.82) is 0 Å². The maximum absolute atomic E-state index is 13.3. The minimum Gasteiger partial charge on any atom is -0.349 e. The largest absolute Gasteiger partial charge is 0.349 e. The van der Waals surface area contributed by atoms with Crippen LogP contribution >= 0.6 is 0 Å². The second kappa shape index (κ2) is 7.43. The maximum atomic E-state index is 13.3. The topological polar surface area (TPSA) is 54.0 Å². The first-order chi connectivity index (χ1) is 11.6. The molecule has 0 saturated heterocycles. The molecule has 4 nitrogen and oxygen atoms in total. The summed E-state index contributed by atoms with van der Waals surface area (Å²) < 4.78 is 13.3. The van der Waals surface area contributed by atoms with Crippen molar-refractivity contribution in [2.75, 3.05) is 5.32 Å². The van der Waals surface area contributed by atoms with Gasteiger partial charge in [0.2, 0.25) is 0 Å². The van der Waals surface area contributed by atoms with Gasteiger partial charge in [0.25, 0.3) is 5.91 Å². The molecule has 3 rings (SSSR count). The van der Waals surface area contributed by atoms with Gasteiger partial charge < -0.3 is 10.6 Å². The Morgan fingerprint density at radius 2 is 2.12 bits per heavy atom. The number of pyridine rings is 1. The fraction of sp³-hybridized carbons (Fsp3) is 0.368. The second-order valence-corrected chi connectivity index (χ2v) is 6.48. The van der Waals surface area contributed by atoms with E-state index in [4.69, 9.17) is 0 Å². The van der Waals surface area contributed by atoms with Crippen molar-refractivity contribution in [3.8, 4) is 0 Å². The van der Waals surface area contributed by atoms with E-state index in [0.29, 0.717) is 23.0 Å². The van der Waals surface area contributed by atoms with Crippen LogP contribution in [0.15, 0.2) is 42.6 Å². The third kappa shape index (κ3) is 4.10. The van der Waals surface area contributed by atoms with E-state index in [9.17, 15) is 9.18 Å². The summed E-state index contributed by atoms with van der Waals surface area (Å²) in [5.41, 5.74) is 1.04. The van der Waals surface area contributed by atoms with Crippen molar-refractivity contribution in [2.45, 2.75) is 38.6 Å². The smallest absolute Gasteiger partial charge is 0.255 e. The summed E-state index contributed by atoms with van der Waals surface area (Å²) in [7, 11) is 0. The van der Waals surface area contributed by atoms with Gasteiger partial charge in [-0.1, -0.05) is 25.8 Å². The first kappa shape index (κ1) is 16.4. The molecule has 1 fully saturated rings. The van der Waals surface area contributed by atoms with Crippen LogP contribution in [0.3, 0.4) is 0 Å². The number of hydrogen-bond donors (Lipinski definition) is 2. The Morgan fingerprint density at radius 3 is 2.92 bits per heavy atom. The molecule has 1 saturated carbocycles. The standard InChI is InChI=1S/C19H22FN3O/c1-13-5-2-7-15(11-13)23-19(24)17-9-4-10-21-18(17)22-16-8-3-6-14(20)12-16/h3-4,6,8-10,12-13,15H,2,5,7,11H2,1H3,(H,21,22)(H,23,24). The van der Waals surface area contributed by atoms with Gasteiger partial charge in [-0.25, -0.2) is 9.37 Å². The first-order valence-electron chi connectivity index (χ1n) is 8.40. The number of aromatic nitrogens is 1. The van der Waals surface area contributed by atoms with E-state index >= 15 is 0 Å². The van der Waals surface area contributed by atoms with Gasteiger partial charge in [0.1, 0.15) is 11.6 Å². The lowest BCUT2D eigenvalue weighted by atomic mass is 9.87. The minimum atomic E-state index is -0.335. The van der Waals surface area contributed by atoms with Gasteiger partial charge in [0.15, 0.2) is 0 Å². The number of carbonyl (C=O) groups is 1. The zero-order valence-corrected chi connectivity index (χ0v) is 13.8. The first-order valence-corrected chi connectivity index (χ1v) is 8.40. The van der Waals surface area contributed by atoms with Crippen LogP contribution in [0.4, 0.5) is 15.9 Å². The van der Waals surface area contributed by atoms with E-state index in [-0.39, 0.29) is 17.8 Å². The highest BCUT2D eigenvalue weighted by Crippen LogP contribution is 2.24. The fourth-order valence-corrected chi connectivity index (χ4v) is 3.22. The van der Waals surface area contributed by atoms with Crippen molar-refractivity contribution >= 4 is 17.4 Å². The molecule has 0 spiro atoms. The van der Waals surface area contributed by atoms with Gasteiger partial charge in [-0.15, -0.1) is 0 Å². The number of anilines is 2. The van der Waals surface area contributed by atoms with E-state index in [1.807, 2.05) is 0 Å². The molecule has 2 aromatic rings. The molecule has 24 heavy (non-hydrogen) atoms. The van der Waals surface area contributed by atoms with Gasteiger partial charge in [0, 0.05) is 17.9 Å². The lowest BCUT2D eigenvalue weighted by Crippen LogP contribution is -2.38. The van der Waals surface area contributed by atoms with E-state index in [2.05, 4.69) is 22.5 Å². The van der Waals surface area contributed by atoms with Gasteiger partial charge in [-0.2, -0.15) is 0 Å². The summed E-state index contributed by atoms with van der Waals surface area (Å²) >= 11 is 0. The number of amides is 1. The summed E-state index contributed by atoms with van der Waals surface area (Å²) in [5, 5.41) is 6.14. The number of nitrogens with one attached hydrogen (secondary N) is 2. The number of carbonyl (C=O) groups excluding carboxylic acids is 1. The molecular weight excluding hydrogens is 305 g/mol. The molecule has 1 heterocycles. The predicted octanol–water partition coefficient (Wildman–Crippen LogP) is 4.27. The molecule has 126 valence electrons. The van der Waals surface area contributed by atoms with Crippen molar-refractivity contribution < 1.29 is 9.18 Å². The van der Waals surface area contributed by atoms with Crippen molar-refractivity contribution in [1.82, 2.24) is 10.3 Å². The Morgan fingerprint density at radius 1 is 1.25 bits per heavy atom. The lowest BCUT2D eigenvalue weighted by Gasteiger charge is -2.27. The van der Waals surface area contributed by atoms with E-state index in [0.717, 1.165) is 19.3 Å².